The Morgan fingerprint density at radius 2 is 2.40 bits per heavy atom. The Balaban J connectivity index is 2.01. The summed E-state index contributed by atoms with van der Waals surface area (Å²) in [6.45, 7) is 4.74. The summed E-state index contributed by atoms with van der Waals surface area (Å²) < 4.78 is 0. The molecular weight excluding hydrogens is 184 g/mol. The minimum Gasteiger partial charge on any atom is -0.295 e. The Morgan fingerprint density at radius 1 is 1.47 bits per heavy atom. The fraction of sp³-hybridized carbons (Fsp3) is 0.615. The molecule has 2 heterocycles. The molecule has 2 nitrogen and oxygen atoms in total. The molecule has 0 saturated carbocycles. The highest BCUT2D eigenvalue weighted by Crippen LogP contribution is 2.30. The zero-order chi connectivity index (χ0) is 10.5. The summed E-state index contributed by atoms with van der Waals surface area (Å²) in [5, 5.41) is 0. The highest BCUT2D eigenvalue weighted by Gasteiger charge is 2.25. The van der Waals surface area contributed by atoms with E-state index in [1.807, 2.05) is 12.3 Å². The van der Waals surface area contributed by atoms with E-state index in [1.165, 1.54) is 44.5 Å². The Morgan fingerprint density at radius 3 is 3.13 bits per heavy atom. The molecule has 1 aliphatic heterocycles. The SMILES string of the molecule is CCCCN1CCC[C@@H]1c1ccccn1. The van der Waals surface area contributed by atoms with Crippen molar-refractivity contribution in [3.05, 3.63) is 30.1 Å². The average Bonchev–Trinajstić information content (AvgIpc) is 2.75. The minimum absolute atomic E-state index is 0.581. The van der Waals surface area contributed by atoms with Gasteiger partial charge in [-0.25, -0.2) is 0 Å². The second-order valence-corrected chi connectivity index (χ2v) is 4.30. The standard InChI is InChI=1S/C13H20N2/c1-2-3-10-15-11-6-8-13(15)12-7-4-5-9-14-12/h4-5,7,9,13H,2-3,6,8,10-11H2,1H3/t13-/m1/s1. The largest absolute Gasteiger partial charge is 0.295 e. The third-order valence-electron chi connectivity index (χ3n) is 3.19. The van der Waals surface area contributed by atoms with Gasteiger partial charge in [-0.3, -0.25) is 9.88 Å². The summed E-state index contributed by atoms with van der Waals surface area (Å²) in [6.07, 6.45) is 7.10. The van der Waals surface area contributed by atoms with Crippen molar-refractivity contribution in [2.45, 2.75) is 38.6 Å². The minimum atomic E-state index is 0.581. The predicted octanol–water partition coefficient (Wildman–Crippen LogP) is 3.02. The number of unbranched alkanes of at least 4 members (excludes halogenated alkanes) is 1. The van der Waals surface area contributed by atoms with Crippen LogP contribution in [-0.2, 0) is 0 Å². The monoisotopic (exact) mass is 204 g/mol. The number of likely N-dealkylation sites (tertiary alicyclic amines) is 1. The lowest BCUT2D eigenvalue weighted by molar-refractivity contribution is 0.249. The number of hydrogen-bond acceptors (Lipinski definition) is 2. The third kappa shape index (κ3) is 2.57. The smallest absolute Gasteiger partial charge is 0.0575 e. The molecule has 0 aliphatic carbocycles. The molecule has 1 aromatic rings. The van der Waals surface area contributed by atoms with Crippen LogP contribution in [0.25, 0.3) is 0 Å². The van der Waals surface area contributed by atoms with Gasteiger partial charge >= 0.3 is 0 Å². The van der Waals surface area contributed by atoms with Crippen LogP contribution in [0.5, 0.6) is 0 Å². The summed E-state index contributed by atoms with van der Waals surface area (Å²) in [5.74, 6) is 0. The van der Waals surface area contributed by atoms with Gasteiger partial charge in [0.2, 0.25) is 0 Å². The van der Waals surface area contributed by atoms with E-state index in [1.54, 1.807) is 0 Å². The van der Waals surface area contributed by atoms with Crippen LogP contribution in [-0.4, -0.2) is 23.0 Å². The molecule has 1 saturated heterocycles. The van der Waals surface area contributed by atoms with Crippen LogP contribution in [0.2, 0.25) is 0 Å². The van der Waals surface area contributed by atoms with Gasteiger partial charge in [0.05, 0.1) is 11.7 Å². The number of rotatable bonds is 4. The first-order valence-corrected chi connectivity index (χ1v) is 6.07. The van der Waals surface area contributed by atoms with E-state index in [4.69, 9.17) is 0 Å². The molecule has 0 bridgehead atoms. The zero-order valence-corrected chi connectivity index (χ0v) is 9.52. The summed E-state index contributed by atoms with van der Waals surface area (Å²) in [4.78, 5) is 7.07. The van der Waals surface area contributed by atoms with Crippen molar-refractivity contribution in [3.63, 3.8) is 0 Å². The van der Waals surface area contributed by atoms with Gasteiger partial charge in [0.1, 0.15) is 0 Å². The van der Waals surface area contributed by atoms with Crippen molar-refractivity contribution in [1.29, 1.82) is 0 Å². The molecule has 1 aliphatic rings. The van der Waals surface area contributed by atoms with Crippen LogP contribution in [0.3, 0.4) is 0 Å². The lowest BCUT2D eigenvalue weighted by Gasteiger charge is -2.23. The van der Waals surface area contributed by atoms with Crippen molar-refractivity contribution in [1.82, 2.24) is 9.88 Å². The molecule has 1 aromatic heterocycles. The van der Waals surface area contributed by atoms with Gasteiger partial charge in [0.15, 0.2) is 0 Å². The lowest BCUT2D eigenvalue weighted by Crippen LogP contribution is -2.24. The Bertz CT molecular complexity index is 284. The van der Waals surface area contributed by atoms with E-state index in [9.17, 15) is 0 Å². The number of nitrogens with zero attached hydrogens (tertiary/aromatic N) is 2. The van der Waals surface area contributed by atoms with E-state index >= 15 is 0 Å². The van der Waals surface area contributed by atoms with Crippen molar-refractivity contribution in [3.8, 4) is 0 Å². The maximum absolute atomic E-state index is 4.48. The maximum atomic E-state index is 4.48. The van der Waals surface area contributed by atoms with Crippen LogP contribution >= 0.6 is 0 Å². The van der Waals surface area contributed by atoms with Gasteiger partial charge in [-0.05, 0) is 44.5 Å². The van der Waals surface area contributed by atoms with Gasteiger partial charge in [-0.15, -0.1) is 0 Å². The van der Waals surface area contributed by atoms with E-state index < -0.39 is 0 Å². The van der Waals surface area contributed by atoms with Crippen LogP contribution in [0.1, 0.15) is 44.3 Å². The van der Waals surface area contributed by atoms with Crippen LogP contribution < -0.4 is 0 Å². The van der Waals surface area contributed by atoms with Gasteiger partial charge in [0, 0.05) is 6.20 Å². The molecule has 0 aromatic carbocycles. The predicted molar refractivity (Wildman–Crippen MR) is 62.7 cm³/mol. The summed E-state index contributed by atoms with van der Waals surface area (Å²) in [6, 6.07) is 6.83. The molecule has 2 rings (SSSR count). The van der Waals surface area contributed by atoms with Crippen LogP contribution in [0.15, 0.2) is 24.4 Å². The zero-order valence-electron chi connectivity index (χ0n) is 9.52. The van der Waals surface area contributed by atoms with Gasteiger partial charge in [-0.2, -0.15) is 0 Å². The molecule has 0 radical (unpaired) electrons. The number of pyridine rings is 1. The number of hydrogen-bond donors (Lipinski definition) is 0. The molecule has 2 heteroatoms. The average molecular weight is 204 g/mol. The summed E-state index contributed by atoms with van der Waals surface area (Å²) in [5.41, 5.74) is 1.26. The van der Waals surface area contributed by atoms with Crippen LogP contribution in [0, 0.1) is 0 Å². The summed E-state index contributed by atoms with van der Waals surface area (Å²) in [7, 11) is 0. The molecule has 0 amide bonds. The lowest BCUT2D eigenvalue weighted by atomic mass is 10.1. The second kappa shape index (κ2) is 5.26. The summed E-state index contributed by atoms with van der Waals surface area (Å²) >= 11 is 0. The topological polar surface area (TPSA) is 16.1 Å². The Labute approximate surface area is 92.3 Å². The Kier molecular flexibility index (Phi) is 3.73. The van der Waals surface area contributed by atoms with E-state index in [2.05, 4.69) is 28.9 Å². The van der Waals surface area contributed by atoms with Gasteiger partial charge in [0.25, 0.3) is 0 Å². The van der Waals surface area contributed by atoms with Crippen LogP contribution in [0.4, 0.5) is 0 Å². The first-order chi connectivity index (χ1) is 7.42. The highest BCUT2D eigenvalue weighted by molar-refractivity contribution is 5.10. The molecule has 82 valence electrons. The molecular formula is C13H20N2. The first kappa shape index (κ1) is 10.6. The van der Waals surface area contributed by atoms with Crippen molar-refractivity contribution >= 4 is 0 Å². The Hall–Kier alpha value is -0.890. The molecule has 1 fully saturated rings. The molecule has 15 heavy (non-hydrogen) atoms. The second-order valence-electron chi connectivity index (χ2n) is 4.30. The van der Waals surface area contributed by atoms with Gasteiger partial charge < -0.3 is 0 Å². The third-order valence-corrected chi connectivity index (χ3v) is 3.19. The normalized spacial score (nSPS) is 22.1. The van der Waals surface area contributed by atoms with Crippen molar-refractivity contribution in [2.24, 2.45) is 0 Å². The van der Waals surface area contributed by atoms with E-state index in [-0.39, 0.29) is 0 Å². The van der Waals surface area contributed by atoms with Crippen molar-refractivity contribution < 1.29 is 0 Å². The molecule has 0 unspecified atom stereocenters. The maximum Gasteiger partial charge on any atom is 0.0575 e. The molecule has 1 atom stereocenters. The first-order valence-electron chi connectivity index (χ1n) is 6.07. The van der Waals surface area contributed by atoms with Crippen molar-refractivity contribution in [2.75, 3.05) is 13.1 Å². The quantitative estimate of drug-likeness (QED) is 0.749. The van der Waals surface area contributed by atoms with Gasteiger partial charge in [-0.1, -0.05) is 19.4 Å². The molecule has 0 spiro atoms. The molecule has 0 N–H and O–H groups in total. The fourth-order valence-corrected chi connectivity index (χ4v) is 2.36. The number of aromatic nitrogens is 1. The fourth-order valence-electron chi connectivity index (χ4n) is 2.36. The highest BCUT2D eigenvalue weighted by atomic mass is 15.2. The van der Waals surface area contributed by atoms with E-state index in [0.29, 0.717) is 6.04 Å². The van der Waals surface area contributed by atoms with E-state index in [0.717, 1.165) is 0 Å².